The lowest BCUT2D eigenvalue weighted by Crippen LogP contribution is -1.97. The predicted molar refractivity (Wildman–Crippen MR) is 73.2 cm³/mol. The summed E-state index contributed by atoms with van der Waals surface area (Å²) >= 11 is 1.53. The number of hydrogen-bond acceptors (Lipinski definition) is 3. The zero-order valence-electron chi connectivity index (χ0n) is 9.96. The van der Waals surface area contributed by atoms with Crippen LogP contribution in [0.25, 0.3) is 10.1 Å². The van der Waals surface area contributed by atoms with Crippen molar-refractivity contribution in [3.8, 4) is 0 Å². The van der Waals surface area contributed by atoms with Gasteiger partial charge < -0.3 is 0 Å². The Morgan fingerprint density at radius 3 is 2.94 bits per heavy atom. The number of thiophene rings is 1. The van der Waals surface area contributed by atoms with Crippen molar-refractivity contribution >= 4 is 27.2 Å². The van der Waals surface area contributed by atoms with Crippen molar-refractivity contribution in [2.75, 3.05) is 0 Å². The molecule has 0 radical (unpaired) electrons. The Kier molecular flexibility index (Phi) is 2.72. The van der Waals surface area contributed by atoms with Crippen molar-refractivity contribution in [1.82, 2.24) is 9.78 Å². The van der Waals surface area contributed by atoms with E-state index in [9.17, 15) is 4.79 Å². The molecule has 0 bridgehead atoms. The predicted octanol–water partition coefficient (Wildman–Crippen LogP) is 3.35. The van der Waals surface area contributed by atoms with Crippen LogP contribution in [-0.2, 0) is 6.54 Å². The van der Waals surface area contributed by atoms with Crippen molar-refractivity contribution in [2.24, 2.45) is 0 Å². The molecule has 18 heavy (non-hydrogen) atoms. The van der Waals surface area contributed by atoms with Crippen molar-refractivity contribution in [2.45, 2.75) is 13.5 Å². The van der Waals surface area contributed by atoms with Crippen LogP contribution in [0.15, 0.2) is 42.7 Å². The van der Waals surface area contributed by atoms with E-state index in [1.807, 2.05) is 37.3 Å². The minimum Gasteiger partial charge on any atom is -0.288 e. The largest absolute Gasteiger partial charge is 0.288 e. The molecule has 4 heteroatoms. The molecule has 0 atom stereocenters. The number of fused-ring (bicyclic) bond motifs is 1. The van der Waals surface area contributed by atoms with Gasteiger partial charge in [0.15, 0.2) is 0 Å². The molecule has 0 aliphatic heterocycles. The monoisotopic (exact) mass is 256 g/mol. The van der Waals surface area contributed by atoms with Gasteiger partial charge in [-0.1, -0.05) is 18.2 Å². The molecule has 0 unspecified atom stereocenters. The number of benzene rings is 1. The third-order valence-corrected chi connectivity index (χ3v) is 3.98. The summed E-state index contributed by atoms with van der Waals surface area (Å²) in [5, 5.41) is 5.25. The summed E-state index contributed by atoms with van der Waals surface area (Å²) in [6.07, 6.45) is 3.43. The first-order valence-corrected chi connectivity index (χ1v) is 6.65. The lowest BCUT2D eigenvalue weighted by Gasteiger charge is -1.92. The van der Waals surface area contributed by atoms with Crippen molar-refractivity contribution in [3.05, 3.63) is 53.2 Å². The minimum atomic E-state index is 0.0518. The molecule has 2 heterocycles. The summed E-state index contributed by atoms with van der Waals surface area (Å²) in [6, 6.07) is 9.98. The van der Waals surface area contributed by atoms with Gasteiger partial charge in [0.25, 0.3) is 0 Å². The summed E-state index contributed by atoms with van der Waals surface area (Å²) in [5.74, 6) is 0.0518. The van der Waals surface area contributed by atoms with E-state index in [-0.39, 0.29) is 5.78 Å². The molecule has 0 fully saturated rings. The van der Waals surface area contributed by atoms with E-state index in [1.54, 1.807) is 17.1 Å². The molecule has 0 saturated carbocycles. The van der Waals surface area contributed by atoms with Gasteiger partial charge in [-0.2, -0.15) is 5.10 Å². The molecule has 0 spiro atoms. The first-order valence-electron chi connectivity index (χ1n) is 5.83. The lowest BCUT2D eigenvalue weighted by atomic mass is 10.2. The minimum absolute atomic E-state index is 0.0518. The summed E-state index contributed by atoms with van der Waals surface area (Å²) < 4.78 is 2.91. The highest BCUT2D eigenvalue weighted by atomic mass is 32.1. The Hall–Kier alpha value is -1.94. The van der Waals surface area contributed by atoms with E-state index in [4.69, 9.17) is 0 Å². The van der Waals surface area contributed by atoms with Gasteiger partial charge in [0.1, 0.15) is 0 Å². The van der Waals surface area contributed by atoms with Gasteiger partial charge in [-0.25, -0.2) is 0 Å². The van der Waals surface area contributed by atoms with E-state index in [0.29, 0.717) is 5.56 Å². The van der Waals surface area contributed by atoms with Gasteiger partial charge in [-0.05, 0) is 24.4 Å². The summed E-state index contributed by atoms with van der Waals surface area (Å²) in [6.45, 7) is 2.78. The van der Waals surface area contributed by atoms with Gasteiger partial charge in [0.2, 0.25) is 5.78 Å². The van der Waals surface area contributed by atoms with Gasteiger partial charge >= 0.3 is 0 Å². The average Bonchev–Trinajstić information content (AvgIpc) is 3.04. The molecule has 3 rings (SSSR count). The highest BCUT2D eigenvalue weighted by molar-refractivity contribution is 7.21. The van der Waals surface area contributed by atoms with E-state index in [1.165, 1.54) is 11.3 Å². The fourth-order valence-corrected chi connectivity index (χ4v) is 2.91. The number of carbonyl (C=O) groups excluding carboxylic acids is 1. The first-order chi connectivity index (χ1) is 8.78. The molecule has 0 N–H and O–H groups in total. The van der Waals surface area contributed by atoms with E-state index in [0.717, 1.165) is 21.5 Å². The molecule has 90 valence electrons. The van der Waals surface area contributed by atoms with Crippen LogP contribution in [0, 0.1) is 0 Å². The average molecular weight is 256 g/mol. The maximum absolute atomic E-state index is 12.3. The molecule has 0 saturated heterocycles. The summed E-state index contributed by atoms with van der Waals surface area (Å²) in [7, 11) is 0. The number of rotatable bonds is 3. The third kappa shape index (κ3) is 1.84. The normalized spacial score (nSPS) is 10.9. The molecule has 0 amide bonds. The van der Waals surface area contributed by atoms with Gasteiger partial charge in [-0.3, -0.25) is 9.48 Å². The van der Waals surface area contributed by atoms with Crippen LogP contribution in [0.3, 0.4) is 0 Å². The van der Waals surface area contributed by atoms with Crippen LogP contribution in [0.5, 0.6) is 0 Å². The molecule has 0 aliphatic carbocycles. The Morgan fingerprint density at radius 2 is 2.22 bits per heavy atom. The molecule has 0 aliphatic rings. The van der Waals surface area contributed by atoms with Gasteiger partial charge in [0, 0.05) is 17.4 Å². The maximum atomic E-state index is 12.3. The number of hydrogen-bond donors (Lipinski definition) is 0. The number of carbonyl (C=O) groups is 1. The van der Waals surface area contributed by atoms with Gasteiger partial charge in [0.05, 0.1) is 16.6 Å². The second kappa shape index (κ2) is 4.38. The lowest BCUT2D eigenvalue weighted by molar-refractivity contribution is 0.104. The van der Waals surface area contributed by atoms with Crippen molar-refractivity contribution in [1.29, 1.82) is 0 Å². The van der Waals surface area contributed by atoms with E-state index in [2.05, 4.69) is 5.10 Å². The fourth-order valence-electron chi connectivity index (χ4n) is 1.89. The van der Waals surface area contributed by atoms with E-state index < -0.39 is 0 Å². The van der Waals surface area contributed by atoms with Crippen LogP contribution in [0.1, 0.15) is 22.2 Å². The Balaban J connectivity index is 2.00. The molecular weight excluding hydrogens is 244 g/mol. The van der Waals surface area contributed by atoms with Crippen molar-refractivity contribution in [3.63, 3.8) is 0 Å². The van der Waals surface area contributed by atoms with Crippen LogP contribution in [0.4, 0.5) is 0 Å². The zero-order valence-corrected chi connectivity index (χ0v) is 10.8. The second-order valence-electron chi connectivity index (χ2n) is 4.06. The SMILES string of the molecule is CCn1cc(C(=O)c2cc3ccccc3s2)cn1. The van der Waals surface area contributed by atoms with E-state index >= 15 is 0 Å². The quantitative estimate of drug-likeness (QED) is 0.674. The molecule has 3 aromatic rings. The Labute approximate surface area is 109 Å². The van der Waals surface area contributed by atoms with Gasteiger partial charge in [-0.15, -0.1) is 11.3 Å². The molecule has 2 aromatic heterocycles. The molecule has 1 aromatic carbocycles. The number of ketones is 1. The molecular formula is C14H12N2OS. The summed E-state index contributed by atoms with van der Waals surface area (Å²) in [5.41, 5.74) is 0.656. The molecule has 3 nitrogen and oxygen atoms in total. The Morgan fingerprint density at radius 1 is 1.39 bits per heavy atom. The zero-order chi connectivity index (χ0) is 12.5. The fraction of sp³-hybridized carbons (Fsp3) is 0.143. The number of nitrogens with zero attached hydrogens (tertiary/aromatic N) is 2. The second-order valence-corrected chi connectivity index (χ2v) is 5.15. The van der Waals surface area contributed by atoms with Crippen LogP contribution in [-0.4, -0.2) is 15.6 Å². The van der Waals surface area contributed by atoms with Crippen LogP contribution < -0.4 is 0 Å². The highest BCUT2D eigenvalue weighted by Crippen LogP contribution is 2.27. The topological polar surface area (TPSA) is 34.9 Å². The Bertz CT molecular complexity index is 678. The van der Waals surface area contributed by atoms with Crippen LogP contribution >= 0.6 is 11.3 Å². The van der Waals surface area contributed by atoms with Crippen LogP contribution in [0.2, 0.25) is 0 Å². The highest BCUT2D eigenvalue weighted by Gasteiger charge is 2.14. The third-order valence-electron chi connectivity index (χ3n) is 2.87. The standard InChI is InChI=1S/C14H12N2OS/c1-2-16-9-11(8-15-16)14(17)13-7-10-5-3-4-6-12(10)18-13/h3-9H,2H2,1H3. The first kappa shape index (κ1) is 11.2. The van der Waals surface area contributed by atoms with Crippen molar-refractivity contribution < 1.29 is 4.79 Å². The smallest absolute Gasteiger partial charge is 0.206 e. The number of aromatic nitrogens is 2. The number of aryl methyl sites for hydroxylation is 1. The summed E-state index contributed by atoms with van der Waals surface area (Å²) in [4.78, 5) is 13.1. The maximum Gasteiger partial charge on any atom is 0.206 e.